The van der Waals surface area contributed by atoms with E-state index < -0.39 is 0 Å². The molecule has 0 aromatic carbocycles. The lowest BCUT2D eigenvalue weighted by molar-refractivity contribution is 0.321. The zero-order valence-corrected chi connectivity index (χ0v) is 14.1. The molecule has 7 nitrogen and oxygen atoms in total. The average molecular weight is 353 g/mol. The number of nitrogens with one attached hydrogen (secondary N) is 2. The van der Waals surface area contributed by atoms with Crippen molar-refractivity contribution in [3.05, 3.63) is 52.7 Å². The second-order valence-corrected chi connectivity index (χ2v) is 7.07. The molecule has 8 heteroatoms. The van der Waals surface area contributed by atoms with Gasteiger partial charge < -0.3 is 14.3 Å². The number of hydrogen-bond acceptors (Lipinski definition) is 5. The summed E-state index contributed by atoms with van der Waals surface area (Å²) in [4.78, 5) is 20.8. The van der Waals surface area contributed by atoms with Crippen LogP contribution in [-0.2, 0) is 13.0 Å². The number of thiophene rings is 1. The number of aromatic amines is 2. The summed E-state index contributed by atoms with van der Waals surface area (Å²) in [5.41, 5.74) is 2.97. The smallest absolute Gasteiger partial charge is 0.266 e. The fourth-order valence-corrected chi connectivity index (χ4v) is 4.52. The maximum absolute atomic E-state index is 12.7. The van der Waals surface area contributed by atoms with Gasteiger partial charge in [0.25, 0.3) is 5.56 Å². The van der Waals surface area contributed by atoms with Crippen LogP contribution >= 0.6 is 11.3 Å². The first-order chi connectivity index (χ1) is 12.3. The molecule has 0 saturated heterocycles. The van der Waals surface area contributed by atoms with Crippen molar-refractivity contribution in [3.8, 4) is 16.2 Å². The van der Waals surface area contributed by atoms with Crippen LogP contribution in [0.15, 0.2) is 35.9 Å². The lowest BCUT2D eigenvalue weighted by Crippen LogP contribution is -2.14. The average Bonchev–Trinajstić information content (AvgIpc) is 3.32. The Morgan fingerprint density at radius 3 is 3.16 bits per heavy atom. The van der Waals surface area contributed by atoms with Gasteiger partial charge in [-0.05, 0) is 18.4 Å². The van der Waals surface area contributed by atoms with Gasteiger partial charge in [0.2, 0.25) is 0 Å². The van der Waals surface area contributed by atoms with Crippen molar-refractivity contribution in [2.24, 2.45) is 0 Å². The summed E-state index contributed by atoms with van der Waals surface area (Å²) < 4.78 is 8.74. The maximum Gasteiger partial charge on any atom is 0.266 e. The zero-order chi connectivity index (χ0) is 16.8. The Bertz CT molecular complexity index is 1090. The van der Waals surface area contributed by atoms with Crippen LogP contribution in [0.2, 0.25) is 0 Å². The molecule has 0 aliphatic carbocycles. The predicted molar refractivity (Wildman–Crippen MR) is 95.2 cm³/mol. The highest BCUT2D eigenvalue weighted by Gasteiger charge is 2.25. The SMILES string of the molecule is O=c1[nH]c(Cn2ccnc2)c2c3c(c(-c4cn[nH]c4)sc13)OCCC2. The van der Waals surface area contributed by atoms with E-state index >= 15 is 0 Å². The highest BCUT2D eigenvalue weighted by Crippen LogP contribution is 2.46. The van der Waals surface area contributed by atoms with Crippen LogP contribution in [0, 0.1) is 0 Å². The molecule has 5 rings (SSSR count). The molecular formula is C17H15N5O2S. The predicted octanol–water partition coefficient (Wildman–Crippen LogP) is 2.55. The fraction of sp³-hybridized carbons (Fsp3) is 0.235. The van der Waals surface area contributed by atoms with Gasteiger partial charge >= 0.3 is 0 Å². The van der Waals surface area contributed by atoms with Gasteiger partial charge in [-0.2, -0.15) is 5.10 Å². The van der Waals surface area contributed by atoms with Crippen LogP contribution in [0.5, 0.6) is 5.75 Å². The summed E-state index contributed by atoms with van der Waals surface area (Å²) in [6.07, 6.45) is 10.8. The van der Waals surface area contributed by atoms with E-state index in [4.69, 9.17) is 4.74 Å². The van der Waals surface area contributed by atoms with Crippen molar-refractivity contribution in [1.82, 2.24) is 24.7 Å². The monoisotopic (exact) mass is 353 g/mol. The molecule has 25 heavy (non-hydrogen) atoms. The minimum absolute atomic E-state index is 0.0691. The second-order valence-electron chi connectivity index (χ2n) is 6.05. The van der Waals surface area contributed by atoms with E-state index in [1.54, 1.807) is 18.7 Å². The van der Waals surface area contributed by atoms with Crippen molar-refractivity contribution >= 4 is 21.4 Å². The van der Waals surface area contributed by atoms with Gasteiger partial charge in [0.15, 0.2) is 0 Å². The Hall–Kier alpha value is -2.87. The summed E-state index contributed by atoms with van der Waals surface area (Å²) in [5.74, 6) is 0.812. The quantitative estimate of drug-likeness (QED) is 0.592. The van der Waals surface area contributed by atoms with Gasteiger partial charge in [-0.3, -0.25) is 9.89 Å². The lowest BCUT2D eigenvalue weighted by atomic mass is 10.0. The molecule has 0 radical (unpaired) electrons. The van der Waals surface area contributed by atoms with E-state index in [0.717, 1.165) is 44.8 Å². The minimum atomic E-state index is -0.0691. The fourth-order valence-electron chi connectivity index (χ4n) is 3.37. The molecule has 0 amide bonds. The molecular weight excluding hydrogens is 338 g/mol. The molecule has 0 saturated carbocycles. The molecule has 4 aromatic rings. The molecule has 0 unspecified atom stereocenters. The normalized spacial score (nSPS) is 13.8. The summed E-state index contributed by atoms with van der Waals surface area (Å²) in [7, 11) is 0. The largest absolute Gasteiger partial charge is 0.491 e. The maximum atomic E-state index is 12.7. The Labute approximate surface area is 146 Å². The highest BCUT2D eigenvalue weighted by atomic mass is 32.1. The molecule has 2 N–H and O–H groups in total. The molecule has 126 valence electrons. The van der Waals surface area contributed by atoms with Crippen molar-refractivity contribution in [2.75, 3.05) is 6.61 Å². The van der Waals surface area contributed by atoms with Crippen LogP contribution in [0.3, 0.4) is 0 Å². The molecule has 4 aromatic heterocycles. The number of aryl methyl sites for hydroxylation is 1. The van der Waals surface area contributed by atoms with Crippen molar-refractivity contribution in [3.63, 3.8) is 0 Å². The number of ether oxygens (including phenoxy) is 1. The highest BCUT2D eigenvalue weighted by molar-refractivity contribution is 7.22. The standard InChI is InChI=1S/C17H15N5O2S/c23-17-16-13-11(12(21-17)8-22-4-3-18-9-22)2-1-5-24-14(13)15(25-16)10-6-19-20-7-10/h3-4,6-7,9H,1-2,5,8H2,(H,19,20)(H,21,23). The van der Waals surface area contributed by atoms with E-state index in [1.807, 2.05) is 17.0 Å². The van der Waals surface area contributed by atoms with Gasteiger partial charge in [0.05, 0.1) is 30.6 Å². The molecule has 0 spiro atoms. The Kier molecular flexibility index (Phi) is 3.24. The Balaban J connectivity index is 1.79. The van der Waals surface area contributed by atoms with Gasteiger partial charge in [-0.15, -0.1) is 11.3 Å². The Morgan fingerprint density at radius 1 is 1.40 bits per heavy atom. The van der Waals surface area contributed by atoms with Gasteiger partial charge in [0.1, 0.15) is 10.4 Å². The second kappa shape index (κ2) is 5.59. The number of rotatable bonds is 3. The molecule has 0 fully saturated rings. The number of aromatic nitrogens is 5. The van der Waals surface area contributed by atoms with Crippen molar-refractivity contribution < 1.29 is 4.74 Å². The summed E-state index contributed by atoms with van der Waals surface area (Å²) in [6, 6.07) is 0. The number of hydrogen-bond donors (Lipinski definition) is 2. The van der Waals surface area contributed by atoms with Crippen molar-refractivity contribution in [1.29, 1.82) is 0 Å². The number of pyridine rings is 1. The van der Waals surface area contributed by atoms with E-state index in [1.165, 1.54) is 16.9 Å². The molecule has 1 aliphatic rings. The summed E-state index contributed by atoms with van der Waals surface area (Å²) >= 11 is 1.47. The zero-order valence-electron chi connectivity index (χ0n) is 13.3. The third kappa shape index (κ3) is 2.29. The van der Waals surface area contributed by atoms with Gasteiger partial charge in [-0.1, -0.05) is 0 Å². The van der Waals surface area contributed by atoms with Gasteiger partial charge in [-0.25, -0.2) is 4.98 Å². The lowest BCUT2D eigenvalue weighted by Gasteiger charge is -2.10. The topological polar surface area (TPSA) is 88.6 Å². The van der Waals surface area contributed by atoms with Crippen LogP contribution in [-0.4, -0.2) is 31.3 Å². The number of imidazole rings is 1. The van der Waals surface area contributed by atoms with E-state index in [2.05, 4.69) is 20.2 Å². The molecule has 0 atom stereocenters. The van der Waals surface area contributed by atoms with Crippen molar-refractivity contribution in [2.45, 2.75) is 19.4 Å². The van der Waals surface area contributed by atoms with Crippen LogP contribution < -0.4 is 10.3 Å². The van der Waals surface area contributed by atoms with E-state index in [0.29, 0.717) is 13.2 Å². The van der Waals surface area contributed by atoms with Gasteiger partial charge in [0, 0.05) is 35.2 Å². The van der Waals surface area contributed by atoms with Crippen LogP contribution in [0.25, 0.3) is 20.5 Å². The summed E-state index contributed by atoms with van der Waals surface area (Å²) in [6.45, 7) is 1.24. The number of nitrogens with zero attached hydrogens (tertiary/aromatic N) is 3. The molecule has 1 aliphatic heterocycles. The van der Waals surface area contributed by atoms with Crippen LogP contribution in [0.1, 0.15) is 17.7 Å². The first-order valence-electron chi connectivity index (χ1n) is 8.09. The summed E-state index contributed by atoms with van der Waals surface area (Å²) in [5, 5.41) is 7.82. The Morgan fingerprint density at radius 2 is 2.36 bits per heavy atom. The molecule has 5 heterocycles. The van der Waals surface area contributed by atoms with E-state index in [9.17, 15) is 4.79 Å². The molecule has 0 bridgehead atoms. The van der Waals surface area contributed by atoms with E-state index in [-0.39, 0.29) is 5.56 Å². The first-order valence-corrected chi connectivity index (χ1v) is 8.91. The van der Waals surface area contributed by atoms with Crippen LogP contribution in [0.4, 0.5) is 0 Å². The minimum Gasteiger partial charge on any atom is -0.491 e. The first kappa shape index (κ1) is 14.5. The third-order valence-electron chi connectivity index (χ3n) is 4.48. The third-order valence-corrected chi connectivity index (χ3v) is 5.70. The number of H-pyrrole nitrogens is 2.